The second-order valence-electron chi connectivity index (χ2n) is 10.1. The maximum absolute atomic E-state index is 14.7. The predicted octanol–water partition coefficient (Wildman–Crippen LogP) is 3.79. The summed E-state index contributed by atoms with van der Waals surface area (Å²) in [7, 11) is 5.27. The van der Waals surface area contributed by atoms with Crippen LogP contribution in [0.1, 0.15) is 49.6 Å². The smallest absolute Gasteiger partial charge is 0.318 e. The quantitative estimate of drug-likeness (QED) is 0.483. The Hall–Kier alpha value is -3.75. The number of hydrogen-bond donors (Lipinski definition) is 0. The third-order valence-corrected chi connectivity index (χ3v) is 7.54. The van der Waals surface area contributed by atoms with Crippen LogP contribution in [-0.4, -0.2) is 91.1 Å². The number of piperazine rings is 1. The summed E-state index contributed by atoms with van der Waals surface area (Å²) in [6, 6.07) is 6.71. The van der Waals surface area contributed by atoms with Crippen molar-refractivity contribution in [1.82, 2.24) is 24.7 Å². The Bertz CT molecular complexity index is 1220. The number of likely N-dealkylation sites (tertiary alicyclic amines) is 1. The summed E-state index contributed by atoms with van der Waals surface area (Å²) in [5.41, 5.74) is 2.41. The number of nitrogens with zero attached hydrogens (tertiary/aromatic N) is 7. The van der Waals surface area contributed by atoms with Crippen LogP contribution in [0.4, 0.5) is 10.2 Å². The fraction of sp³-hybridized carbons (Fsp3) is 0.533. The topological polar surface area (TPSA) is 98.1 Å². The average Bonchev–Trinajstić information content (AvgIpc) is 3.65. The van der Waals surface area contributed by atoms with Gasteiger partial charge in [-0.25, -0.2) is 4.39 Å². The van der Waals surface area contributed by atoms with E-state index < -0.39 is 0 Å². The lowest BCUT2D eigenvalue weighted by atomic mass is 10.1. The van der Waals surface area contributed by atoms with E-state index >= 15 is 0 Å². The van der Waals surface area contributed by atoms with Gasteiger partial charge in [0.15, 0.2) is 0 Å². The number of carbonyl (C=O) groups is 1. The standard InChI is InChI=1S/C23H28FN5O3.C5H11N.C2H3N/c1-5-20(30)27-9-11-28(12-10-27)22-16-13-29(14-18(16)25-23(26-22)32-4)15(2)21-17(24)7-6-8-19(21)31-3;1-6-4-2-3-5-6;1-2-3/h5-8,15H,1,9-14H2,2-4H3;2-5H2,1H3;1H3. The summed E-state index contributed by atoms with van der Waals surface area (Å²) >= 11 is 0. The molecule has 1 aromatic heterocycles. The molecule has 0 spiro atoms. The number of amides is 1. The molecule has 3 aliphatic rings. The van der Waals surface area contributed by atoms with Crippen LogP contribution in [0.5, 0.6) is 11.8 Å². The summed E-state index contributed by atoms with van der Waals surface area (Å²) < 4.78 is 25.5. The SMILES string of the molecule is C=CC(=O)N1CCN(c2nc(OC)nc3c2CN(C(C)c2c(F)cccc2OC)C3)CC1.CC#N.CN1CCCC1. The molecule has 1 amide bonds. The molecule has 5 rings (SSSR count). The highest BCUT2D eigenvalue weighted by molar-refractivity contribution is 5.87. The van der Waals surface area contributed by atoms with Crippen LogP contribution in [0.25, 0.3) is 0 Å². The van der Waals surface area contributed by atoms with E-state index in [1.165, 1.54) is 45.0 Å². The lowest BCUT2D eigenvalue weighted by molar-refractivity contribution is -0.126. The second kappa shape index (κ2) is 15.3. The number of nitriles is 1. The van der Waals surface area contributed by atoms with Crippen molar-refractivity contribution in [1.29, 1.82) is 5.26 Å². The van der Waals surface area contributed by atoms with Crippen molar-refractivity contribution < 1.29 is 18.7 Å². The molecule has 0 saturated carbocycles. The van der Waals surface area contributed by atoms with Crippen molar-refractivity contribution in [3.63, 3.8) is 0 Å². The summed E-state index contributed by atoms with van der Waals surface area (Å²) in [5, 5.41) is 7.32. The van der Waals surface area contributed by atoms with Gasteiger partial charge >= 0.3 is 6.01 Å². The first kappa shape index (κ1) is 31.8. The van der Waals surface area contributed by atoms with Gasteiger partial charge in [-0.1, -0.05) is 12.6 Å². The Morgan fingerprint density at radius 2 is 1.76 bits per heavy atom. The van der Waals surface area contributed by atoms with Crippen molar-refractivity contribution >= 4 is 11.7 Å². The largest absolute Gasteiger partial charge is 0.496 e. The van der Waals surface area contributed by atoms with Gasteiger partial charge in [-0.3, -0.25) is 9.69 Å². The summed E-state index contributed by atoms with van der Waals surface area (Å²) in [6.45, 7) is 13.2. The average molecular weight is 568 g/mol. The second-order valence-corrected chi connectivity index (χ2v) is 10.1. The van der Waals surface area contributed by atoms with Crippen molar-refractivity contribution in [3.8, 4) is 17.8 Å². The zero-order valence-corrected chi connectivity index (χ0v) is 24.9. The molecule has 1 atom stereocenters. The van der Waals surface area contributed by atoms with E-state index in [0.717, 1.165) is 17.1 Å². The van der Waals surface area contributed by atoms with Crippen LogP contribution < -0.4 is 14.4 Å². The highest BCUT2D eigenvalue weighted by atomic mass is 19.1. The highest BCUT2D eigenvalue weighted by Gasteiger charge is 2.33. The van der Waals surface area contributed by atoms with Gasteiger partial charge in [0.1, 0.15) is 17.4 Å². The van der Waals surface area contributed by atoms with E-state index in [1.807, 2.05) is 6.92 Å². The van der Waals surface area contributed by atoms with Gasteiger partial charge in [-0.05, 0) is 58.1 Å². The Kier molecular flexibility index (Phi) is 11.9. The Balaban J connectivity index is 0.000000442. The lowest BCUT2D eigenvalue weighted by Gasteiger charge is -2.35. The van der Waals surface area contributed by atoms with Crippen LogP contribution in [0.3, 0.4) is 0 Å². The monoisotopic (exact) mass is 567 g/mol. The molecule has 2 fully saturated rings. The van der Waals surface area contributed by atoms with Crippen LogP contribution in [0, 0.1) is 17.1 Å². The van der Waals surface area contributed by atoms with Crippen molar-refractivity contribution in [2.24, 2.45) is 0 Å². The molecular formula is C30H42FN7O3. The van der Waals surface area contributed by atoms with Crippen LogP contribution in [0.2, 0.25) is 0 Å². The van der Waals surface area contributed by atoms with E-state index in [4.69, 9.17) is 14.7 Å². The Morgan fingerprint density at radius 1 is 1.10 bits per heavy atom. The number of aromatic nitrogens is 2. The molecule has 0 aliphatic carbocycles. The molecule has 41 heavy (non-hydrogen) atoms. The van der Waals surface area contributed by atoms with Gasteiger partial charge in [-0.15, -0.1) is 0 Å². The van der Waals surface area contributed by atoms with Crippen LogP contribution >= 0.6 is 0 Å². The van der Waals surface area contributed by atoms with E-state index in [9.17, 15) is 9.18 Å². The highest BCUT2D eigenvalue weighted by Crippen LogP contribution is 2.39. The summed E-state index contributed by atoms with van der Waals surface area (Å²) in [4.78, 5) is 29.6. The molecule has 222 valence electrons. The molecule has 4 heterocycles. The van der Waals surface area contributed by atoms with Crippen LogP contribution in [-0.2, 0) is 17.9 Å². The molecule has 0 N–H and O–H groups in total. The van der Waals surface area contributed by atoms with Crippen molar-refractivity contribution in [2.45, 2.75) is 45.8 Å². The zero-order valence-electron chi connectivity index (χ0n) is 24.9. The number of carbonyl (C=O) groups excluding carboxylic acids is 1. The number of halogens is 1. The number of fused-ring (bicyclic) bond motifs is 1. The molecule has 11 heteroatoms. The Labute approximate surface area is 243 Å². The predicted molar refractivity (Wildman–Crippen MR) is 156 cm³/mol. The first-order valence-corrected chi connectivity index (χ1v) is 13.9. The third kappa shape index (κ3) is 7.93. The molecule has 0 bridgehead atoms. The van der Waals surface area contributed by atoms with Crippen LogP contribution in [0.15, 0.2) is 30.9 Å². The first-order valence-electron chi connectivity index (χ1n) is 13.9. The molecule has 0 radical (unpaired) electrons. The molecular weight excluding hydrogens is 525 g/mol. The van der Waals surface area contributed by atoms with Gasteiger partial charge in [0.05, 0.1) is 26.0 Å². The van der Waals surface area contributed by atoms with Crippen molar-refractivity contribution in [2.75, 3.05) is 65.4 Å². The summed E-state index contributed by atoms with van der Waals surface area (Å²) in [6.07, 6.45) is 4.17. The number of ether oxygens (including phenoxy) is 2. The van der Waals surface area contributed by atoms with Gasteiger partial charge in [0.25, 0.3) is 0 Å². The molecule has 2 saturated heterocycles. The fourth-order valence-electron chi connectivity index (χ4n) is 5.29. The molecule has 3 aliphatic heterocycles. The van der Waals surface area contributed by atoms with Gasteiger partial charge in [0.2, 0.25) is 5.91 Å². The molecule has 1 unspecified atom stereocenters. The lowest BCUT2D eigenvalue weighted by Crippen LogP contribution is -2.48. The number of methoxy groups -OCH3 is 2. The van der Waals surface area contributed by atoms with E-state index in [1.54, 1.807) is 37.3 Å². The maximum Gasteiger partial charge on any atom is 0.318 e. The molecule has 2 aromatic rings. The number of benzene rings is 1. The molecule has 1 aromatic carbocycles. The number of hydrogen-bond acceptors (Lipinski definition) is 9. The minimum Gasteiger partial charge on any atom is -0.496 e. The first-order chi connectivity index (χ1) is 19.8. The van der Waals surface area contributed by atoms with Gasteiger partial charge < -0.3 is 24.2 Å². The van der Waals surface area contributed by atoms with E-state index in [-0.39, 0.29) is 17.8 Å². The fourth-order valence-corrected chi connectivity index (χ4v) is 5.29. The van der Waals surface area contributed by atoms with E-state index in [2.05, 4.69) is 38.3 Å². The molecule has 10 nitrogen and oxygen atoms in total. The maximum atomic E-state index is 14.7. The summed E-state index contributed by atoms with van der Waals surface area (Å²) in [5.74, 6) is 0.988. The minimum atomic E-state index is -0.292. The van der Waals surface area contributed by atoms with Crippen molar-refractivity contribution in [3.05, 3.63) is 53.5 Å². The number of rotatable bonds is 6. The Morgan fingerprint density at radius 3 is 2.29 bits per heavy atom. The van der Waals surface area contributed by atoms with Gasteiger partial charge in [0, 0.05) is 63.4 Å². The van der Waals surface area contributed by atoms with Gasteiger partial charge in [-0.2, -0.15) is 15.2 Å². The zero-order chi connectivity index (χ0) is 29.9. The number of anilines is 1. The minimum absolute atomic E-state index is 0.0611. The normalized spacial score (nSPS) is 17.3. The third-order valence-electron chi connectivity index (χ3n) is 7.54. The van der Waals surface area contributed by atoms with E-state index in [0.29, 0.717) is 56.6 Å².